The van der Waals surface area contributed by atoms with E-state index < -0.39 is 11.0 Å². The van der Waals surface area contributed by atoms with Crippen LogP contribution in [-0.4, -0.2) is 14.0 Å². The Morgan fingerprint density at radius 3 is 2.50 bits per heavy atom. The van der Waals surface area contributed by atoms with Crippen LogP contribution in [0.15, 0.2) is 65.6 Å². The van der Waals surface area contributed by atoms with Gasteiger partial charge in [-0.1, -0.05) is 36.4 Å². The first kappa shape index (κ1) is 14.2. The molecule has 0 saturated heterocycles. The minimum absolute atomic E-state index is 0.234. The molecule has 0 aliphatic carbocycles. The van der Waals surface area contributed by atoms with E-state index in [0.717, 1.165) is 5.39 Å². The van der Waals surface area contributed by atoms with Gasteiger partial charge in [-0.3, -0.25) is 8.77 Å². The summed E-state index contributed by atoms with van der Waals surface area (Å²) in [6.45, 7) is 0. The Bertz CT molecular complexity index is 907. The normalized spacial score (nSPS) is 12.0. The van der Waals surface area contributed by atoms with Crippen LogP contribution in [0.3, 0.4) is 0 Å². The number of rotatable bonds is 4. The third-order valence-electron chi connectivity index (χ3n) is 3.30. The zero-order valence-corrected chi connectivity index (χ0v) is 12.4. The first-order chi connectivity index (χ1) is 10.7. The highest BCUT2D eigenvalue weighted by Gasteiger charge is 2.20. The van der Waals surface area contributed by atoms with Crippen LogP contribution in [0.4, 0.5) is 0 Å². The van der Waals surface area contributed by atoms with Gasteiger partial charge in [0.25, 0.3) is 0 Å². The van der Waals surface area contributed by atoms with Crippen LogP contribution in [0, 0.1) is 11.3 Å². The molecule has 1 heterocycles. The van der Waals surface area contributed by atoms with E-state index in [4.69, 9.17) is 5.26 Å². The summed E-state index contributed by atoms with van der Waals surface area (Å²) in [5.41, 5.74) is 1.01. The molecule has 3 aromatic rings. The predicted molar refractivity (Wildman–Crippen MR) is 84.7 cm³/mol. The number of ketones is 1. The number of hydrogen-bond donors (Lipinski definition) is 0. The molecule has 2 aromatic carbocycles. The monoisotopic (exact) mass is 308 g/mol. The number of hydrogen-bond acceptors (Lipinski definition) is 3. The maximum absolute atomic E-state index is 12.9. The number of nitriles is 1. The van der Waals surface area contributed by atoms with Gasteiger partial charge >= 0.3 is 0 Å². The number of carbonyl (C=O) groups excluding carboxylic acids is 1. The first-order valence-electron chi connectivity index (χ1n) is 6.70. The van der Waals surface area contributed by atoms with E-state index in [1.54, 1.807) is 30.3 Å². The zero-order valence-electron chi connectivity index (χ0n) is 11.6. The average molecular weight is 308 g/mol. The van der Waals surface area contributed by atoms with E-state index in [1.807, 2.05) is 36.4 Å². The molecule has 0 amide bonds. The Hall–Kier alpha value is -2.71. The van der Waals surface area contributed by atoms with Gasteiger partial charge in [-0.05, 0) is 24.3 Å². The number of aromatic nitrogens is 1. The van der Waals surface area contributed by atoms with Crippen LogP contribution in [0.1, 0.15) is 16.9 Å². The number of fused-ring (bicyclic) bond motifs is 1. The van der Waals surface area contributed by atoms with Gasteiger partial charge in [0.15, 0.2) is 16.8 Å². The molecule has 0 fully saturated rings. The van der Waals surface area contributed by atoms with E-state index in [2.05, 4.69) is 0 Å². The van der Waals surface area contributed by atoms with Gasteiger partial charge < -0.3 is 0 Å². The second-order valence-electron chi connectivity index (χ2n) is 4.70. The summed E-state index contributed by atoms with van der Waals surface area (Å²) >= 11 is 0. The van der Waals surface area contributed by atoms with Gasteiger partial charge in [0.05, 0.1) is 22.2 Å². The fourth-order valence-electron chi connectivity index (χ4n) is 2.31. The SMILES string of the molecule is N#CCC(=O)c1cc2ccccc2n1S(=O)c1ccccc1. The van der Waals surface area contributed by atoms with Crippen molar-refractivity contribution in [2.24, 2.45) is 0 Å². The molecule has 0 saturated carbocycles. The molecule has 1 unspecified atom stereocenters. The number of Topliss-reactive ketones (excluding diaryl/α,β-unsaturated/α-hetero) is 1. The number of nitrogens with zero attached hydrogens (tertiary/aromatic N) is 2. The van der Waals surface area contributed by atoms with Crippen molar-refractivity contribution < 1.29 is 9.00 Å². The summed E-state index contributed by atoms with van der Waals surface area (Å²) in [6, 6.07) is 19.9. The molecule has 0 spiro atoms. The second kappa shape index (κ2) is 5.96. The lowest BCUT2D eigenvalue weighted by Gasteiger charge is -2.08. The molecule has 3 rings (SSSR count). The largest absolute Gasteiger partial charge is 0.291 e. The molecule has 0 radical (unpaired) electrons. The van der Waals surface area contributed by atoms with Gasteiger partial charge in [-0.15, -0.1) is 0 Å². The maximum Gasteiger partial charge on any atom is 0.194 e. The van der Waals surface area contributed by atoms with Crippen molar-refractivity contribution in [2.75, 3.05) is 0 Å². The quantitative estimate of drug-likeness (QED) is 0.695. The highest BCUT2D eigenvalue weighted by Crippen LogP contribution is 2.24. The number of benzene rings is 2. The molecule has 108 valence electrons. The topological polar surface area (TPSA) is 62.9 Å². The van der Waals surface area contributed by atoms with Gasteiger partial charge in [-0.2, -0.15) is 5.26 Å². The highest BCUT2D eigenvalue weighted by molar-refractivity contribution is 7.83. The van der Waals surface area contributed by atoms with Crippen LogP contribution < -0.4 is 0 Å². The third-order valence-corrected chi connectivity index (χ3v) is 4.70. The van der Waals surface area contributed by atoms with Crippen molar-refractivity contribution >= 4 is 27.7 Å². The minimum Gasteiger partial charge on any atom is -0.291 e. The van der Waals surface area contributed by atoms with Crippen molar-refractivity contribution in [3.63, 3.8) is 0 Å². The summed E-state index contributed by atoms with van der Waals surface area (Å²) in [7, 11) is -1.54. The molecule has 1 atom stereocenters. The molecule has 0 N–H and O–H groups in total. The molecule has 0 aliphatic heterocycles. The molecule has 5 heteroatoms. The molecule has 1 aromatic heterocycles. The molecule has 0 aliphatic rings. The second-order valence-corrected chi connectivity index (χ2v) is 6.04. The first-order valence-corrected chi connectivity index (χ1v) is 7.81. The lowest BCUT2D eigenvalue weighted by Crippen LogP contribution is -2.12. The fraction of sp³-hybridized carbons (Fsp3) is 0.0588. The minimum atomic E-state index is -1.54. The Kier molecular flexibility index (Phi) is 3.86. The summed E-state index contributed by atoms with van der Waals surface area (Å²) in [5, 5.41) is 9.59. The Morgan fingerprint density at radius 1 is 1.09 bits per heavy atom. The Labute approximate surface area is 130 Å². The highest BCUT2D eigenvalue weighted by atomic mass is 32.2. The fourth-order valence-corrected chi connectivity index (χ4v) is 3.59. The van der Waals surface area contributed by atoms with Gasteiger partial charge in [0.2, 0.25) is 0 Å². The Balaban J connectivity index is 2.22. The van der Waals surface area contributed by atoms with Gasteiger partial charge in [-0.25, -0.2) is 4.21 Å². The van der Waals surface area contributed by atoms with Crippen LogP contribution >= 0.6 is 0 Å². The lowest BCUT2D eigenvalue weighted by molar-refractivity contribution is 0.0992. The van der Waals surface area contributed by atoms with Crippen molar-refractivity contribution in [3.05, 3.63) is 66.4 Å². The standard InChI is InChI=1S/C17H12N2O2S/c18-11-10-17(20)16-12-13-6-4-5-9-15(13)19(16)22(21)14-7-2-1-3-8-14/h1-9,12H,10H2. The smallest absolute Gasteiger partial charge is 0.194 e. The zero-order chi connectivity index (χ0) is 15.5. The average Bonchev–Trinajstić information content (AvgIpc) is 2.95. The molecular formula is C17H12N2O2S. The number of carbonyl (C=O) groups is 1. The maximum atomic E-state index is 12.9. The lowest BCUT2D eigenvalue weighted by atomic mass is 10.2. The van der Waals surface area contributed by atoms with Crippen LogP contribution in [-0.2, 0) is 11.0 Å². The molecular weight excluding hydrogens is 296 g/mol. The van der Waals surface area contributed by atoms with Crippen molar-refractivity contribution in [1.82, 2.24) is 3.97 Å². The van der Waals surface area contributed by atoms with Crippen LogP contribution in [0.25, 0.3) is 10.9 Å². The van der Waals surface area contributed by atoms with Crippen LogP contribution in [0.2, 0.25) is 0 Å². The van der Waals surface area contributed by atoms with E-state index in [9.17, 15) is 9.00 Å². The van der Waals surface area contributed by atoms with E-state index in [-0.39, 0.29) is 12.2 Å². The Morgan fingerprint density at radius 2 is 1.77 bits per heavy atom. The van der Waals surface area contributed by atoms with Crippen LogP contribution in [0.5, 0.6) is 0 Å². The molecule has 4 nitrogen and oxygen atoms in total. The van der Waals surface area contributed by atoms with Gasteiger partial charge in [0.1, 0.15) is 6.42 Å². The molecule has 22 heavy (non-hydrogen) atoms. The van der Waals surface area contributed by atoms with Gasteiger partial charge in [0, 0.05) is 5.39 Å². The summed E-state index contributed by atoms with van der Waals surface area (Å²) in [5.74, 6) is -0.331. The van der Waals surface area contributed by atoms with E-state index in [0.29, 0.717) is 16.1 Å². The van der Waals surface area contributed by atoms with E-state index in [1.165, 1.54) is 3.97 Å². The van der Waals surface area contributed by atoms with E-state index >= 15 is 0 Å². The summed E-state index contributed by atoms with van der Waals surface area (Å²) < 4.78 is 14.4. The predicted octanol–water partition coefficient (Wildman–Crippen LogP) is 3.31. The van der Waals surface area contributed by atoms with Crippen molar-refractivity contribution in [1.29, 1.82) is 5.26 Å². The number of para-hydroxylation sites is 1. The molecule has 0 bridgehead atoms. The van der Waals surface area contributed by atoms with Crippen molar-refractivity contribution in [2.45, 2.75) is 11.3 Å². The van der Waals surface area contributed by atoms with Crippen molar-refractivity contribution in [3.8, 4) is 6.07 Å². The summed E-state index contributed by atoms with van der Waals surface area (Å²) in [6.07, 6.45) is -0.234. The third kappa shape index (κ3) is 2.45. The summed E-state index contributed by atoms with van der Waals surface area (Å²) in [4.78, 5) is 12.8.